The first-order chi connectivity index (χ1) is 7.61. The molecule has 0 aliphatic carbocycles. The fraction of sp³-hybridized carbons (Fsp3) is 0.200. The van der Waals surface area contributed by atoms with Crippen LogP contribution in [0.3, 0.4) is 0 Å². The minimum Gasteiger partial charge on any atom is -0.370 e. The highest BCUT2D eigenvalue weighted by Crippen LogP contribution is 2.19. The minimum atomic E-state index is -0.573. The lowest BCUT2D eigenvalue weighted by Crippen LogP contribution is -2.25. The summed E-state index contributed by atoms with van der Waals surface area (Å²) in [6, 6.07) is 6.89. The highest BCUT2D eigenvalue weighted by atomic mass is 32.2. The van der Waals surface area contributed by atoms with E-state index < -0.39 is 6.03 Å². The van der Waals surface area contributed by atoms with Crippen molar-refractivity contribution < 1.29 is 4.79 Å². The number of urea groups is 1. The molecule has 0 atom stereocenters. The Morgan fingerprint density at radius 1 is 1.38 bits per heavy atom. The summed E-state index contributed by atoms with van der Waals surface area (Å²) in [5.41, 5.74) is 10.8. The van der Waals surface area contributed by atoms with Gasteiger partial charge in [-0.1, -0.05) is 6.92 Å². The van der Waals surface area contributed by atoms with Crippen LogP contribution in [-0.4, -0.2) is 17.7 Å². The lowest BCUT2D eigenvalue weighted by Gasteiger charge is -2.03. The number of nitrogens with two attached hydrogens (primary N) is 2. The zero-order valence-electron chi connectivity index (χ0n) is 8.93. The Morgan fingerprint density at radius 2 is 2.00 bits per heavy atom. The first-order valence-electron chi connectivity index (χ1n) is 4.75. The van der Waals surface area contributed by atoms with Crippen molar-refractivity contribution in [3.8, 4) is 0 Å². The number of thioether (sulfide) groups is 1. The third-order valence-corrected chi connectivity index (χ3v) is 2.54. The number of anilines is 1. The zero-order chi connectivity index (χ0) is 12.0. The molecule has 0 fully saturated rings. The number of carbonyl (C=O) groups is 1. The van der Waals surface area contributed by atoms with E-state index >= 15 is 0 Å². The Morgan fingerprint density at radius 3 is 2.50 bits per heavy atom. The SMILES string of the molecule is CCSc1ccc(NC(=O)N=C(N)N)cc1. The van der Waals surface area contributed by atoms with E-state index in [1.807, 2.05) is 12.1 Å². The van der Waals surface area contributed by atoms with Crippen LogP contribution in [0.25, 0.3) is 0 Å². The van der Waals surface area contributed by atoms with Crippen molar-refractivity contribution in [2.24, 2.45) is 16.5 Å². The summed E-state index contributed by atoms with van der Waals surface area (Å²) in [6.07, 6.45) is 0. The van der Waals surface area contributed by atoms with Crippen LogP contribution in [0.2, 0.25) is 0 Å². The van der Waals surface area contributed by atoms with Gasteiger partial charge in [0.05, 0.1) is 0 Å². The molecule has 0 unspecified atom stereocenters. The quantitative estimate of drug-likeness (QED) is 0.423. The van der Waals surface area contributed by atoms with Crippen LogP contribution in [0.5, 0.6) is 0 Å². The van der Waals surface area contributed by atoms with Crippen molar-refractivity contribution >= 4 is 29.4 Å². The largest absolute Gasteiger partial charge is 0.370 e. The van der Waals surface area contributed by atoms with E-state index in [1.165, 1.54) is 0 Å². The summed E-state index contributed by atoms with van der Waals surface area (Å²) in [5, 5.41) is 2.55. The number of hydrogen-bond donors (Lipinski definition) is 3. The number of amides is 2. The monoisotopic (exact) mass is 238 g/mol. The molecule has 0 aliphatic rings. The molecule has 5 N–H and O–H groups in total. The lowest BCUT2D eigenvalue weighted by molar-refractivity contribution is 0.259. The van der Waals surface area contributed by atoms with Gasteiger partial charge in [0.1, 0.15) is 0 Å². The molecule has 0 aliphatic heterocycles. The molecule has 86 valence electrons. The summed E-state index contributed by atoms with van der Waals surface area (Å²) in [5.74, 6) is 0.760. The number of guanidine groups is 1. The topological polar surface area (TPSA) is 93.5 Å². The smallest absolute Gasteiger partial charge is 0.348 e. The molecule has 16 heavy (non-hydrogen) atoms. The van der Waals surface area contributed by atoms with Crippen LogP contribution in [0.15, 0.2) is 34.2 Å². The number of aliphatic imine (C=N–C) groups is 1. The van der Waals surface area contributed by atoms with Crippen LogP contribution in [0.4, 0.5) is 10.5 Å². The second-order valence-electron chi connectivity index (χ2n) is 2.92. The predicted octanol–water partition coefficient (Wildman–Crippen LogP) is 1.60. The number of hydrogen-bond acceptors (Lipinski definition) is 2. The Balaban J connectivity index is 2.61. The standard InChI is InChI=1S/C10H14N4OS/c1-2-16-8-5-3-7(4-6-8)13-10(15)14-9(11)12/h3-6H,2H2,1H3,(H5,11,12,13,14,15). The van der Waals surface area contributed by atoms with Gasteiger partial charge < -0.3 is 16.8 Å². The first-order valence-corrected chi connectivity index (χ1v) is 5.74. The van der Waals surface area contributed by atoms with Gasteiger partial charge in [0, 0.05) is 10.6 Å². The van der Waals surface area contributed by atoms with Crippen LogP contribution >= 0.6 is 11.8 Å². The molecular formula is C10H14N4OS. The Kier molecular flexibility index (Phi) is 4.65. The molecule has 0 spiro atoms. The summed E-state index contributed by atoms with van der Waals surface area (Å²) >= 11 is 1.73. The van der Waals surface area contributed by atoms with E-state index in [0.717, 1.165) is 10.6 Å². The number of nitrogens with one attached hydrogen (secondary N) is 1. The van der Waals surface area contributed by atoms with Gasteiger partial charge in [-0.25, -0.2) is 4.79 Å². The molecule has 1 rings (SSSR count). The van der Waals surface area contributed by atoms with Gasteiger partial charge in [0.25, 0.3) is 0 Å². The van der Waals surface area contributed by atoms with Gasteiger partial charge >= 0.3 is 6.03 Å². The minimum absolute atomic E-state index is 0.254. The summed E-state index contributed by atoms with van der Waals surface area (Å²) in [4.78, 5) is 15.7. The number of benzene rings is 1. The van der Waals surface area contributed by atoms with Gasteiger partial charge in [-0.2, -0.15) is 4.99 Å². The van der Waals surface area contributed by atoms with Crippen LogP contribution in [0.1, 0.15) is 6.92 Å². The van der Waals surface area contributed by atoms with Crippen molar-refractivity contribution in [1.82, 2.24) is 0 Å². The molecule has 0 bridgehead atoms. The summed E-state index contributed by atoms with van der Waals surface area (Å²) in [7, 11) is 0. The molecule has 0 heterocycles. The number of carbonyl (C=O) groups excluding carboxylic acids is 1. The summed E-state index contributed by atoms with van der Waals surface area (Å²) < 4.78 is 0. The van der Waals surface area contributed by atoms with Crippen molar-refractivity contribution in [3.63, 3.8) is 0 Å². The third kappa shape index (κ3) is 4.22. The Labute approximate surface area is 98.3 Å². The molecule has 0 aromatic heterocycles. The maximum absolute atomic E-state index is 11.2. The van der Waals surface area contributed by atoms with Gasteiger partial charge in [-0.3, -0.25) is 0 Å². The second-order valence-corrected chi connectivity index (χ2v) is 4.26. The second kappa shape index (κ2) is 6.02. The Bertz CT molecular complexity index is 384. The fourth-order valence-electron chi connectivity index (χ4n) is 1.07. The van der Waals surface area contributed by atoms with Crippen molar-refractivity contribution in [3.05, 3.63) is 24.3 Å². The molecule has 2 amide bonds. The van der Waals surface area contributed by atoms with Crippen LogP contribution in [0, 0.1) is 0 Å². The summed E-state index contributed by atoms with van der Waals surface area (Å²) in [6.45, 7) is 2.08. The predicted molar refractivity (Wildman–Crippen MR) is 67.7 cm³/mol. The van der Waals surface area contributed by atoms with E-state index in [0.29, 0.717) is 5.69 Å². The van der Waals surface area contributed by atoms with Crippen molar-refractivity contribution in [1.29, 1.82) is 0 Å². The van der Waals surface area contributed by atoms with Crippen LogP contribution < -0.4 is 16.8 Å². The average Bonchev–Trinajstić information content (AvgIpc) is 2.20. The van der Waals surface area contributed by atoms with E-state index in [-0.39, 0.29) is 5.96 Å². The van der Waals surface area contributed by atoms with Gasteiger partial charge in [0.2, 0.25) is 0 Å². The molecule has 1 aromatic rings. The van der Waals surface area contributed by atoms with Crippen LogP contribution in [-0.2, 0) is 0 Å². The van der Waals surface area contributed by atoms with E-state index in [4.69, 9.17) is 11.5 Å². The maximum Gasteiger partial charge on any atom is 0.348 e. The lowest BCUT2D eigenvalue weighted by atomic mass is 10.3. The normalized spacial score (nSPS) is 9.56. The zero-order valence-corrected chi connectivity index (χ0v) is 9.75. The van der Waals surface area contributed by atoms with Gasteiger partial charge in [-0.15, -0.1) is 11.8 Å². The first kappa shape index (κ1) is 12.4. The van der Waals surface area contributed by atoms with E-state index in [9.17, 15) is 4.79 Å². The molecule has 0 saturated carbocycles. The molecule has 5 nitrogen and oxygen atoms in total. The molecular weight excluding hydrogens is 224 g/mol. The van der Waals surface area contributed by atoms with E-state index in [2.05, 4.69) is 17.2 Å². The molecule has 0 radical (unpaired) electrons. The highest BCUT2D eigenvalue weighted by molar-refractivity contribution is 7.99. The molecule has 0 saturated heterocycles. The van der Waals surface area contributed by atoms with E-state index in [1.54, 1.807) is 23.9 Å². The highest BCUT2D eigenvalue weighted by Gasteiger charge is 2.00. The third-order valence-electron chi connectivity index (χ3n) is 1.65. The molecule has 6 heteroatoms. The van der Waals surface area contributed by atoms with Crippen molar-refractivity contribution in [2.45, 2.75) is 11.8 Å². The number of rotatable bonds is 3. The Hall–Kier alpha value is -1.69. The maximum atomic E-state index is 11.2. The fourth-order valence-corrected chi connectivity index (χ4v) is 1.73. The van der Waals surface area contributed by atoms with Gasteiger partial charge in [-0.05, 0) is 30.0 Å². The number of nitrogens with zero attached hydrogens (tertiary/aromatic N) is 1. The molecule has 1 aromatic carbocycles. The van der Waals surface area contributed by atoms with Gasteiger partial charge in [0.15, 0.2) is 5.96 Å². The average molecular weight is 238 g/mol. The van der Waals surface area contributed by atoms with Crippen molar-refractivity contribution in [2.75, 3.05) is 11.1 Å².